The van der Waals surface area contributed by atoms with Gasteiger partial charge in [-0.2, -0.15) is 5.10 Å². The fourth-order valence-corrected chi connectivity index (χ4v) is 4.12. The van der Waals surface area contributed by atoms with E-state index in [2.05, 4.69) is 5.32 Å². The summed E-state index contributed by atoms with van der Waals surface area (Å²) in [6, 6.07) is 11.0. The summed E-state index contributed by atoms with van der Waals surface area (Å²) in [6.45, 7) is 0.888. The summed E-state index contributed by atoms with van der Waals surface area (Å²) in [5.41, 5.74) is 3.68. The molecule has 0 fully saturated rings. The van der Waals surface area contributed by atoms with Crippen LogP contribution in [0.25, 0.3) is 16.9 Å². The summed E-state index contributed by atoms with van der Waals surface area (Å²) in [5.74, 6) is 1.70. The lowest BCUT2D eigenvalue weighted by Gasteiger charge is -2.10. The summed E-state index contributed by atoms with van der Waals surface area (Å²) in [6.07, 6.45) is 3.09. The van der Waals surface area contributed by atoms with Crippen LogP contribution in [0, 0.1) is 0 Å². The molecule has 27 heavy (non-hydrogen) atoms. The summed E-state index contributed by atoms with van der Waals surface area (Å²) >= 11 is 18.7. The van der Waals surface area contributed by atoms with Gasteiger partial charge in [-0.25, -0.2) is 4.68 Å². The van der Waals surface area contributed by atoms with Gasteiger partial charge in [0.2, 0.25) is 0 Å². The molecular weight excluding hydrogens is 405 g/mol. The Labute approximate surface area is 173 Å². The molecular formula is C20H18Cl3N3O. The van der Waals surface area contributed by atoms with E-state index in [0.29, 0.717) is 15.1 Å². The molecule has 4 nitrogen and oxygen atoms in total. The van der Waals surface area contributed by atoms with Crippen LogP contribution in [0.1, 0.15) is 18.4 Å². The van der Waals surface area contributed by atoms with Crippen LogP contribution in [0.2, 0.25) is 15.1 Å². The monoisotopic (exact) mass is 421 g/mol. The van der Waals surface area contributed by atoms with Crippen LogP contribution in [0.4, 0.5) is 5.82 Å². The molecule has 0 saturated carbocycles. The van der Waals surface area contributed by atoms with Gasteiger partial charge in [0.05, 0.1) is 12.8 Å². The van der Waals surface area contributed by atoms with Crippen LogP contribution in [-0.4, -0.2) is 23.4 Å². The van der Waals surface area contributed by atoms with Crippen LogP contribution in [0.15, 0.2) is 36.4 Å². The molecule has 1 N–H and O–H groups in total. The minimum absolute atomic E-state index is 0.567. The Morgan fingerprint density at radius 1 is 1.00 bits per heavy atom. The third-order valence-corrected chi connectivity index (χ3v) is 5.31. The molecule has 0 bridgehead atoms. The average molecular weight is 423 g/mol. The Morgan fingerprint density at radius 2 is 1.78 bits per heavy atom. The number of hydrogen-bond acceptors (Lipinski definition) is 3. The third-order valence-electron chi connectivity index (χ3n) is 4.64. The maximum Gasteiger partial charge on any atom is 0.133 e. The molecule has 0 amide bonds. The number of benzene rings is 2. The molecule has 1 aromatic heterocycles. The van der Waals surface area contributed by atoms with Gasteiger partial charge < -0.3 is 10.1 Å². The van der Waals surface area contributed by atoms with Crippen molar-refractivity contribution in [2.45, 2.75) is 19.3 Å². The van der Waals surface area contributed by atoms with Crippen LogP contribution < -0.4 is 10.1 Å². The number of methoxy groups -OCH3 is 1. The maximum atomic E-state index is 6.26. The van der Waals surface area contributed by atoms with Crippen LogP contribution in [0.3, 0.4) is 0 Å². The van der Waals surface area contributed by atoms with Gasteiger partial charge in [-0.3, -0.25) is 0 Å². The normalized spacial score (nSPS) is 13.6. The fourth-order valence-electron chi connectivity index (χ4n) is 3.43. The van der Waals surface area contributed by atoms with E-state index < -0.39 is 0 Å². The molecule has 2 heterocycles. The Morgan fingerprint density at radius 3 is 2.52 bits per heavy atom. The number of rotatable bonds is 3. The first-order valence-corrected chi connectivity index (χ1v) is 9.86. The van der Waals surface area contributed by atoms with Gasteiger partial charge >= 0.3 is 0 Å². The Balaban J connectivity index is 1.96. The van der Waals surface area contributed by atoms with Gasteiger partial charge in [0, 0.05) is 32.7 Å². The van der Waals surface area contributed by atoms with E-state index in [9.17, 15) is 0 Å². The number of halogens is 3. The highest BCUT2D eigenvalue weighted by Gasteiger charge is 2.24. The van der Waals surface area contributed by atoms with E-state index in [1.165, 1.54) is 0 Å². The van der Waals surface area contributed by atoms with Gasteiger partial charge in [-0.1, -0.05) is 34.8 Å². The van der Waals surface area contributed by atoms with Gasteiger partial charge in [0.15, 0.2) is 0 Å². The van der Waals surface area contributed by atoms with Gasteiger partial charge in [-0.15, -0.1) is 0 Å². The molecule has 1 aliphatic rings. The minimum atomic E-state index is 0.567. The molecule has 0 spiro atoms. The Bertz CT molecular complexity index is 980. The van der Waals surface area contributed by atoms with Crippen molar-refractivity contribution in [1.29, 1.82) is 0 Å². The van der Waals surface area contributed by atoms with E-state index >= 15 is 0 Å². The molecule has 0 aliphatic carbocycles. The molecule has 3 aromatic rings. The topological polar surface area (TPSA) is 39.1 Å². The zero-order valence-corrected chi connectivity index (χ0v) is 17.0. The SMILES string of the molecule is COc1ccc(Cl)cc1-c1nn(-c2cc(Cl)cc(Cl)c2)c2c1CCCCN2. The molecule has 0 saturated heterocycles. The fraction of sp³-hybridized carbons (Fsp3) is 0.250. The number of aromatic nitrogens is 2. The highest BCUT2D eigenvalue weighted by molar-refractivity contribution is 6.34. The second-order valence-corrected chi connectivity index (χ2v) is 7.75. The Kier molecular flexibility index (Phi) is 5.22. The largest absolute Gasteiger partial charge is 0.496 e. The quantitative estimate of drug-likeness (QED) is 0.541. The van der Waals surface area contributed by atoms with Crippen molar-refractivity contribution in [3.05, 3.63) is 57.0 Å². The van der Waals surface area contributed by atoms with Crippen molar-refractivity contribution in [3.63, 3.8) is 0 Å². The molecule has 2 aromatic carbocycles. The van der Waals surface area contributed by atoms with Gasteiger partial charge in [0.1, 0.15) is 17.3 Å². The first-order valence-electron chi connectivity index (χ1n) is 8.73. The van der Waals surface area contributed by atoms with E-state index in [-0.39, 0.29) is 0 Å². The van der Waals surface area contributed by atoms with Crippen LogP contribution in [0.5, 0.6) is 5.75 Å². The first-order chi connectivity index (χ1) is 13.1. The second-order valence-electron chi connectivity index (χ2n) is 6.44. The summed E-state index contributed by atoms with van der Waals surface area (Å²) in [5, 5.41) is 10.2. The van der Waals surface area contributed by atoms with Gasteiger partial charge in [-0.05, 0) is 55.7 Å². The lowest BCUT2D eigenvalue weighted by atomic mass is 10.0. The highest BCUT2D eigenvalue weighted by atomic mass is 35.5. The van der Waals surface area contributed by atoms with Crippen molar-refractivity contribution in [3.8, 4) is 22.7 Å². The van der Waals surface area contributed by atoms with Crippen molar-refractivity contribution in [2.24, 2.45) is 0 Å². The summed E-state index contributed by atoms with van der Waals surface area (Å²) in [4.78, 5) is 0. The lowest BCUT2D eigenvalue weighted by molar-refractivity contribution is 0.416. The first kappa shape index (κ1) is 18.5. The number of nitrogens with one attached hydrogen (secondary N) is 1. The average Bonchev–Trinajstić information content (AvgIpc) is 2.82. The number of anilines is 1. The molecule has 0 radical (unpaired) electrons. The summed E-state index contributed by atoms with van der Waals surface area (Å²) < 4.78 is 7.43. The molecule has 7 heteroatoms. The Hall–Kier alpha value is -1.88. The van der Waals surface area contributed by atoms with E-state index in [1.807, 2.05) is 35.0 Å². The van der Waals surface area contributed by atoms with E-state index in [4.69, 9.17) is 44.6 Å². The molecule has 4 rings (SSSR count). The summed E-state index contributed by atoms with van der Waals surface area (Å²) in [7, 11) is 1.65. The van der Waals surface area contributed by atoms with Crippen LogP contribution in [-0.2, 0) is 6.42 Å². The molecule has 140 valence electrons. The second kappa shape index (κ2) is 7.63. The number of ether oxygens (including phenoxy) is 1. The maximum absolute atomic E-state index is 6.26. The van der Waals surface area contributed by atoms with Crippen molar-refractivity contribution < 1.29 is 4.74 Å². The van der Waals surface area contributed by atoms with Crippen LogP contribution >= 0.6 is 34.8 Å². The molecule has 1 aliphatic heterocycles. The van der Waals surface area contributed by atoms with Gasteiger partial charge in [0.25, 0.3) is 0 Å². The highest BCUT2D eigenvalue weighted by Crippen LogP contribution is 2.39. The van der Waals surface area contributed by atoms with Crippen molar-refractivity contribution in [2.75, 3.05) is 19.0 Å². The van der Waals surface area contributed by atoms with Crippen molar-refractivity contribution >= 4 is 40.6 Å². The predicted octanol–water partition coefficient (Wildman–Crippen LogP) is 6.26. The predicted molar refractivity (Wildman–Crippen MR) is 112 cm³/mol. The molecule has 0 atom stereocenters. The lowest BCUT2D eigenvalue weighted by Crippen LogP contribution is -2.07. The zero-order valence-electron chi connectivity index (χ0n) is 14.7. The number of hydrogen-bond donors (Lipinski definition) is 1. The third kappa shape index (κ3) is 3.62. The minimum Gasteiger partial charge on any atom is -0.496 e. The smallest absolute Gasteiger partial charge is 0.133 e. The standard InChI is InChI=1S/C20H18Cl3N3O/c1-27-18-6-5-12(21)11-17(18)19-16-4-2-3-7-24-20(16)26(25-19)15-9-13(22)8-14(23)10-15/h5-6,8-11,24H,2-4,7H2,1H3. The molecule has 0 unspecified atom stereocenters. The number of nitrogens with zero attached hydrogens (tertiary/aromatic N) is 2. The van der Waals surface area contributed by atoms with E-state index in [1.54, 1.807) is 13.2 Å². The van der Waals surface area contributed by atoms with E-state index in [0.717, 1.165) is 59.9 Å². The zero-order chi connectivity index (χ0) is 19.0. The van der Waals surface area contributed by atoms with Crippen molar-refractivity contribution in [1.82, 2.24) is 9.78 Å². The number of fused-ring (bicyclic) bond motifs is 1.